The number of anilines is 2. The standard InChI is InChI=1S/C20H19F3N6OS/c1-11-9-16(20(21,22)23)29-17(25-11)14(10-24-29)18(30)27-28-19(31)26-15-8-4-6-12-5-2-3-7-13(12)15/h2-8,10-11,16,25H,9H2,1H3,(H,27,30)(H2,26,28,31). The highest BCUT2D eigenvalue weighted by atomic mass is 32.1. The number of benzene rings is 2. The molecule has 2 atom stereocenters. The third-order valence-corrected chi connectivity index (χ3v) is 5.20. The minimum Gasteiger partial charge on any atom is -0.367 e. The SMILES string of the molecule is CC1CC(C(F)(F)F)n2ncc(C(=O)NNC(=S)Nc3cccc4ccccc34)c2N1. The molecule has 31 heavy (non-hydrogen) atoms. The molecular weight excluding hydrogens is 429 g/mol. The molecule has 11 heteroatoms. The van der Waals surface area contributed by atoms with Gasteiger partial charge >= 0.3 is 6.18 Å². The van der Waals surface area contributed by atoms with Gasteiger partial charge in [-0.2, -0.15) is 18.3 Å². The Kier molecular flexibility index (Phi) is 5.44. The number of aromatic nitrogens is 2. The number of rotatable bonds is 2. The number of thiocarbonyl (C=S) groups is 1. The first kappa shape index (κ1) is 20.9. The quantitative estimate of drug-likeness (QED) is 0.351. The average Bonchev–Trinajstić information content (AvgIpc) is 3.14. The first-order valence-electron chi connectivity index (χ1n) is 9.50. The van der Waals surface area contributed by atoms with Crippen LogP contribution in [0, 0.1) is 0 Å². The molecule has 0 fully saturated rings. The van der Waals surface area contributed by atoms with E-state index in [4.69, 9.17) is 12.2 Å². The molecule has 0 spiro atoms. The van der Waals surface area contributed by atoms with Crippen LogP contribution >= 0.6 is 12.2 Å². The molecule has 2 aromatic carbocycles. The molecule has 1 aromatic heterocycles. The lowest BCUT2D eigenvalue weighted by Gasteiger charge is -2.31. The van der Waals surface area contributed by atoms with Crippen LogP contribution in [0.25, 0.3) is 10.8 Å². The molecule has 162 valence electrons. The fourth-order valence-corrected chi connectivity index (χ4v) is 3.74. The van der Waals surface area contributed by atoms with Crippen molar-refractivity contribution in [1.82, 2.24) is 20.6 Å². The highest BCUT2D eigenvalue weighted by Gasteiger charge is 2.46. The summed E-state index contributed by atoms with van der Waals surface area (Å²) in [6.07, 6.45) is -3.53. The molecule has 0 radical (unpaired) electrons. The van der Waals surface area contributed by atoms with Gasteiger partial charge in [-0.05, 0) is 37.0 Å². The largest absolute Gasteiger partial charge is 0.410 e. The minimum atomic E-state index is -4.47. The van der Waals surface area contributed by atoms with Gasteiger partial charge in [-0.1, -0.05) is 36.4 Å². The lowest BCUT2D eigenvalue weighted by molar-refractivity contribution is -0.173. The highest BCUT2D eigenvalue weighted by molar-refractivity contribution is 7.80. The summed E-state index contributed by atoms with van der Waals surface area (Å²) in [5.74, 6) is -0.640. The molecule has 0 saturated heterocycles. The number of hydrogen-bond donors (Lipinski definition) is 4. The third-order valence-electron chi connectivity index (χ3n) is 5.00. The Bertz CT molecular complexity index is 1140. The van der Waals surface area contributed by atoms with Crippen LogP contribution < -0.4 is 21.5 Å². The van der Waals surface area contributed by atoms with Gasteiger partial charge in [0.15, 0.2) is 11.2 Å². The highest BCUT2D eigenvalue weighted by Crippen LogP contribution is 2.40. The van der Waals surface area contributed by atoms with E-state index in [0.717, 1.165) is 27.3 Å². The maximum Gasteiger partial charge on any atom is 0.410 e. The number of carbonyl (C=O) groups is 1. The number of carbonyl (C=O) groups excluding carboxylic acids is 1. The van der Waals surface area contributed by atoms with Crippen LogP contribution in [0.4, 0.5) is 24.7 Å². The number of halogens is 3. The van der Waals surface area contributed by atoms with Crippen molar-refractivity contribution >= 4 is 45.5 Å². The van der Waals surface area contributed by atoms with Gasteiger partial charge in [0.2, 0.25) is 0 Å². The molecule has 2 unspecified atom stereocenters. The predicted octanol–water partition coefficient (Wildman–Crippen LogP) is 3.98. The Morgan fingerprint density at radius 3 is 2.71 bits per heavy atom. The zero-order valence-electron chi connectivity index (χ0n) is 16.3. The Balaban J connectivity index is 1.45. The van der Waals surface area contributed by atoms with E-state index in [1.54, 1.807) is 6.92 Å². The van der Waals surface area contributed by atoms with Crippen molar-refractivity contribution < 1.29 is 18.0 Å². The van der Waals surface area contributed by atoms with E-state index in [1.807, 2.05) is 42.5 Å². The predicted molar refractivity (Wildman–Crippen MR) is 116 cm³/mol. The van der Waals surface area contributed by atoms with E-state index < -0.39 is 24.2 Å². The molecule has 7 nitrogen and oxygen atoms in total. The van der Waals surface area contributed by atoms with Crippen molar-refractivity contribution in [2.75, 3.05) is 10.6 Å². The second-order valence-corrected chi connectivity index (χ2v) is 7.66. The van der Waals surface area contributed by atoms with Crippen LogP contribution in [0.1, 0.15) is 29.7 Å². The van der Waals surface area contributed by atoms with Gasteiger partial charge in [0.1, 0.15) is 11.4 Å². The Hall–Kier alpha value is -3.34. The van der Waals surface area contributed by atoms with Crippen molar-refractivity contribution in [2.45, 2.75) is 31.6 Å². The van der Waals surface area contributed by atoms with Gasteiger partial charge in [0.05, 0.1) is 6.20 Å². The summed E-state index contributed by atoms with van der Waals surface area (Å²) >= 11 is 5.23. The van der Waals surface area contributed by atoms with Crippen LogP contribution in [0.3, 0.4) is 0 Å². The normalized spacial score (nSPS) is 18.1. The monoisotopic (exact) mass is 448 g/mol. The van der Waals surface area contributed by atoms with Crippen molar-refractivity contribution in [1.29, 1.82) is 0 Å². The first-order chi connectivity index (χ1) is 14.7. The number of nitrogens with zero attached hydrogens (tertiary/aromatic N) is 2. The Morgan fingerprint density at radius 2 is 1.94 bits per heavy atom. The summed E-state index contributed by atoms with van der Waals surface area (Å²) in [4.78, 5) is 12.6. The summed E-state index contributed by atoms with van der Waals surface area (Å²) in [6, 6.07) is 11.1. The number of hydrogen-bond acceptors (Lipinski definition) is 4. The minimum absolute atomic E-state index is 0.0127. The Labute approximate surface area is 181 Å². The molecule has 2 heterocycles. The van der Waals surface area contributed by atoms with E-state index >= 15 is 0 Å². The number of amides is 1. The van der Waals surface area contributed by atoms with E-state index in [9.17, 15) is 18.0 Å². The molecule has 4 N–H and O–H groups in total. The zero-order chi connectivity index (χ0) is 22.2. The lowest BCUT2D eigenvalue weighted by Crippen LogP contribution is -2.44. The summed E-state index contributed by atoms with van der Waals surface area (Å²) < 4.78 is 40.9. The number of fused-ring (bicyclic) bond motifs is 2. The van der Waals surface area contributed by atoms with Gasteiger partial charge < -0.3 is 10.6 Å². The Morgan fingerprint density at radius 1 is 1.19 bits per heavy atom. The average molecular weight is 448 g/mol. The van der Waals surface area contributed by atoms with Gasteiger partial charge in [-0.15, -0.1) is 0 Å². The molecule has 0 aliphatic carbocycles. The van der Waals surface area contributed by atoms with Crippen LogP contribution in [-0.4, -0.2) is 33.0 Å². The molecule has 1 aliphatic rings. The summed E-state index contributed by atoms with van der Waals surface area (Å²) in [5.41, 5.74) is 5.72. The fourth-order valence-electron chi connectivity index (χ4n) is 3.58. The zero-order valence-corrected chi connectivity index (χ0v) is 17.1. The molecule has 0 saturated carbocycles. The van der Waals surface area contributed by atoms with Crippen LogP contribution in [0.15, 0.2) is 48.7 Å². The lowest BCUT2D eigenvalue weighted by atomic mass is 10.1. The van der Waals surface area contributed by atoms with E-state index in [-0.39, 0.29) is 22.9 Å². The second kappa shape index (κ2) is 8.06. The molecule has 1 amide bonds. The molecule has 3 aromatic rings. The summed E-state index contributed by atoms with van der Waals surface area (Å²) in [7, 11) is 0. The van der Waals surface area contributed by atoms with E-state index in [2.05, 4.69) is 26.6 Å². The van der Waals surface area contributed by atoms with Crippen LogP contribution in [0.2, 0.25) is 0 Å². The summed E-state index contributed by atoms with van der Waals surface area (Å²) in [5, 5.41) is 11.8. The van der Waals surface area contributed by atoms with Crippen molar-refractivity contribution in [3.8, 4) is 0 Å². The first-order valence-corrected chi connectivity index (χ1v) is 9.90. The molecule has 1 aliphatic heterocycles. The number of nitrogens with one attached hydrogen (secondary N) is 4. The second-order valence-electron chi connectivity index (χ2n) is 7.25. The maximum atomic E-state index is 13.3. The van der Waals surface area contributed by atoms with Gasteiger partial charge in [0, 0.05) is 17.1 Å². The van der Waals surface area contributed by atoms with Crippen LogP contribution in [-0.2, 0) is 0 Å². The smallest absolute Gasteiger partial charge is 0.367 e. The van der Waals surface area contributed by atoms with Gasteiger partial charge in [-0.3, -0.25) is 15.6 Å². The molecular formula is C20H19F3N6OS. The van der Waals surface area contributed by atoms with E-state index in [1.165, 1.54) is 0 Å². The number of hydrazine groups is 1. The third kappa shape index (κ3) is 4.26. The molecule has 4 rings (SSSR count). The van der Waals surface area contributed by atoms with Crippen LogP contribution in [0.5, 0.6) is 0 Å². The topological polar surface area (TPSA) is 83.0 Å². The van der Waals surface area contributed by atoms with Crippen molar-refractivity contribution in [3.63, 3.8) is 0 Å². The van der Waals surface area contributed by atoms with Crippen molar-refractivity contribution in [3.05, 3.63) is 54.2 Å². The van der Waals surface area contributed by atoms with Gasteiger partial charge in [0.25, 0.3) is 5.91 Å². The summed E-state index contributed by atoms with van der Waals surface area (Å²) in [6.45, 7) is 1.62. The molecule has 0 bridgehead atoms. The van der Waals surface area contributed by atoms with E-state index in [0.29, 0.717) is 0 Å². The maximum absolute atomic E-state index is 13.3. The van der Waals surface area contributed by atoms with Crippen molar-refractivity contribution in [2.24, 2.45) is 0 Å². The fraction of sp³-hybridized carbons (Fsp3) is 0.250. The van der Waals surface area contributed by atoms with Gasteiger partial charge in [-0.25, -0.2) is 4.68 Å². The number of alkyl halides is 3.